The van der Waals surface area contributed by atoms with Gasteiger partial charge in [-0.15, -0.1) is 12.4 Å². The van der Waals surface area contributed by atoms with Crippen LogP contribution in [-0.2, 0) is 9.53 Å². The normalized spacial score (nSPS) is 22.4. The van der Waals surface area contributed by atoms with Gasteiger partial charge in [0.2, 0.25) is 5.91 Å². The van der Waals surface area contributed by atoms with Crippen molar-refractivity contribution in [3.8, 4) is 0 Å². The molecule has 0 aliphatic carbocycles. The van der Waals surface area contributed by atoms with Crippen LogP contribution in [0.4, 0.5) is 13.2 Å². The first-order chi connectivity index (χ1) is 6.91. The minimum absolute atomic E-state index is 0. The number of nitrogens with one attached hydrogen (secondary N) is 1. The lowest BCUT2D eigenvalue weighted by Gasteiger charge is -2.16. The molecule has 1 saturated heterocycles. The fourth-order valence-corrected chi connectivity index (χ4v) is 1.25. The summed E-state index contributed by atoms with van der Waals surface area (Å²) in [6.07, 6.45) is -3.93. The SMILES string of the molecule is Cl.NC(C(=O)NCC1CCOC1)C(F)(F)F. The van der Waals surface area contributed by atoms with Crippen LogP contribution in [-0.4, -0.2) is 37.9 Å². The van der Waals surface area contributed by atoms with Crippen molar-refractivity contribution in [1.29, 1.82) is 0 Å². The summed E-state index contributed by atoms with van der Waals surface area (Å²) in [5, 5.41) is 2.17. The van der Waals surface area contributed by atoms with Crippen LogP contribution >= 0.6 is 12.4 Å². The Kier molecular flexibility index (Phi) is 6.06. The van der Waals surface area contributed by atoms with Crippen molar-refractivity contribution < 1.29 is 22.7 Å². The number of amides is 1. The Morgan fingerprint density at radius 2 is 2.19 bits per heavy atom. The summed E-state index contributed by atoms with van der Waals surface area (Å²) in [6.45, 7) is 1.25. The Hall–Kier alpha value is -0.530. The molecule has 2 unspecified atom stereocenters. The van der Waals surface area contributed by atoms with Crippen molar-refractivity contribution in [2.24, 2.45) is 11.7 Å². The number of alkyl halides is 3. The largest absolute Gasteiger partial charge is 0.412 e. The van der Waals surface area contributed by atoms with Crippen molar-refractivity contribution in [3.63, 3.8) is 0 Å². The molecule has 1 rings (SSSR count). The minimum atomic E-state index is -4.68. The predicted octanol–water partition coefficient (Wildman–Crippen LogP) is 0.450. The highest BCUT2D eigenvalue weighted by molar-refractivity contribution is 5.85. The van der Waals surface area contributed by atoms with Crippen LogP contribution in [0.25, 0.3) is 0 Å². The van der Waals surface area contributed by atoms with Gasteiger partial charge in [-0.3, -0.25) is 4.79 Å². The molecule has 0 aromatic heterocycles. The number of hydrogen-bond acceptors (Lipinski definition) is 3. The van der Waals surface area contributed by atoms with Gasteiger partial charge in [-0.2, -0.15) is 13.2 Å². The van der Waals surface area contributed by atoms with E-state index in [-0.39, 0.29) is 24.9 Å². The van der Waals surface area contributed by atoms with Crippen LogP contribution in [0.5, 0.6) is 0 Å². The molecule has 1 amide bonds. The average Bonchev–Trinajstić information content (AvgIpc) is 2.63. The van der Waals surface area contributed by atoms with Gasteiger partial charge in [0.15, 0.2) is 6.04 Å². The van der Waals surface area contributed by atoms with Crippen molar-refractivity contribution in [3.05, 3.63) is 0 Å². The number of rotatable bonds is 3. The Balaban J connectivity index is 0.00000225. The molecule has 1 aliphatic rings. The molecule has 16 heavy (non-hydrogen) atoms. The van der Waals surface area contributed by atoms with Gasteiger partial charge in [0, 0.05) is 19.1 Å². The van der Waals surface area contributed by atoms with Crippen LogP contribution in [0.1, 0.15) is 6.42 Å². The van der Waals surface area contributed by atoms with Gasteiger partial charge in [0.25, 0.3) is 0 Å². The van der Waals surface area contributed by atoms with Gasteiger partial charge >= 0.3 is 6.18 Å². The quantitative estimate of drug-likeness (QED) is 0.776. The maximum atomic E-state index is 12.0. The fourth-order valence-electron chi connectivity index (χ4n) is 1.25. The van der Waals surface area contributed by atoms with E-state index in [1.165, 1.54) is 0 Å². The van der Waals surface area contributed by atoms with Gasteiger partial charge in [-0.25, -0.2) is 0 Å². The molecule has 0 aromatic rings. The summed E-state index contributed by atoms with van der Waals surface area (Å²) >= 11 is 0. The Morgan fingerprint density at radius 3 is 2.62 bits per heavy atom. The van der Waals surface area contributed by atoms with E-state index >= 15 is 0 Å². The molecule has 0 aromatic carbocycles. The van der Waals surface area contributed by atoms with E-state index in [0.29, 0.717) is 13.2 Å². The van der Waals surface area contributed by atoms with Crippen molar-refractivity contribution in [2.45, 2.75) is 18.6 Å². The molecular formula is C8H14ClF3N2O2. The van der Waals surface area contributed by atoms with Gasteiger partial charge in [-0.1, -0.05) is 0 Å². The van der Waals surface area contributed by atoms with E-state index in [9.17, 15) is 18.0 Å². The van der Waals surface area contributed by atoms with Crippen LogP contribution in [0.2, 0.25) is 0 Å². The molecule has 0 saturated carbocycles. The lowest BCUT2D eigenvalue weighted by atomic mass is 10.1. The Morgan fingerprint density at radius 1 is 1.56 bits per heavy atom. The predicted molar refractivity (Wildman–Crippen MR) is 53.2 cm³/mol. The zero-order valence-electron chi connectivity index (χ0n) is 8.42. The van der Waals surface area contributed by atoms with Crippen LogP contribution in [0.15, 0.2) is 0 Å². The zero-order chi connectivity index (χ0) is 11.5. The summed E-state index contributed by atoms with van der Waals surface area (Å²) in [5.41, 5.74) is 4.71. The molecular weight excluding hydrogens is 249 g/mol. The summed E-state index contributed by atoms with van der Waals surface area (Å²) in [5.74, 6) is -1.09. The van der Waals surface area contributed by atoms with Gasteiger partial charge in [0.05, 0.1) is 6.61 Å². The van der Waals surface area contributed by atoms with Crippen LogP contribution in [0.3, 0.4) is 0 Å². The van der Waals surface area contributed by atoms with E-state index in [1.807, 2.05) is 0 Å². The van der Waals surface area contributed by atoms with Gasteiger partial charge in [-0.05, 0) is 6.42 Å². The second kappa shape index (κ2) is 6.27. The number of ether oxygens (including phenoxy) is 1. The van der Waals surface area contributed by atoms with E-state index in [1.54, 1.807) is 0 Å². The van der Waals surface area contributed by atoms with E-state index in [2.05, 4.69) is 5.32 Å². The van der Waals surface area contributed by atoms with Crippen LogP contribution < -0.4 is 11.1 Å². The van der Waals surface area contributed by atoms with Gasteiger partial charge in [0.1, 0.15) is 0 Å². The third-order valence-corrected chi connectivity index (χ3v) is 2.22. The molecule has 1 heterocycles. The second-order valence-corrected chi connectivity index (χ2v) is 3.49. The number of halogens is 4. The summed E-state index contributed by atoms with van der Waals surface area (Å²) in [7, 11) is 0. The second-order valence-electron chi connectivity index (χ2n) is 3.49. The minimum Gasteiger partial charge on any atom is -0.381 e. The summed E-state index contributed by atoms with van der Waals surface area (Å²) in [4.78, 5) is 10.9. The monoisotopic (exact) mass is 262 g/mol. The number of hydrogen-bond donors (Lipinski definition) is 2. The number of carbonyl (C=O) groups excluding carboxylic acids is 1. The highest BCUT2D eigenvalue weighted by atomic mass is 35.5. The highest BCUT2D eigenvalue weighted by Gasteiger charge is 2.42. The molecule has 96 valence electrons. The summed E-state index contributed by atoms with van der Waals surface area (Å²) < 4.78 is 41.0. The van der Waals surface area contributed by atoms with Crippen molar-refractivity contribution in [1.82, 2.24) is 5.32 Å². The zero-order valence-corrected chi connectivity index (χ0v) is 9.24. The number of nitrogens with two attached hydrogens (primary N) is 1. The molecule has 8 heteroatoms. The molecule has 0 bridgehead atoms. The summed E-state index contributed by atoms with van der Waals surface area (Å²) in [6, 6.07) is -2.44. The van der Waals surface area contributed by atoms with Crippen molar-refractivity contribution >= 4 is 18.3 Å². The van der Waals surface area contributed by atoms with Gasteiger partial charge < -0.3 is 15.8 Å². The average molecular weight is 263 g/mol. The fraction of sp³-hybridized carbons (Fsp3) is 0.875. The molecule has 4 nitrogen and oxygen atoms in total. The third kappa shape index (κ3) is 4.54. The molecule has 1 fully saturated rings. The smallest absolute Gasteiger partial charge is 0.381 e. The van der Waals surface area contributed by atoms with Crippen molar-refractivity contribution in [2.75, 3.05) is 19.8 Å². The molecule has 1 aliphatic heterocycles. The Bertz CT molecular complexity index is 232. The lowest BCUT2D eigenvalue weighted by molar-refractivity contribution is -0.162. The molecule has 3 N–H and O–H groups in total. The molecule has 0 spiro atoms. The number of carbonyl (C=O) groups is 1. The van der Waals surface area contributed by atoms with E-state index in [0.717, 1.165) is 6.42 Å². The highest BCUT2D eigenvalue weighted by Crippen LogP contribution is 2.18. The maximum Gasteiger partial charge on any atom is 0.412 e. The van der Waals surface area contributed by atoms with Crippen LogP contribution in [0, 0.1) is 5.92 Å². The first-order valence-electron chi connectivity index (χ1n) is 4.59. The molecule has 0 radical (unpaired) electrons. The maximum absolute atomic E-state index is 12.0. The van der Waals surface area contributed by atoms with E-state index in [4.69, 9.17) is 10.5 Å². The standard InChI is InChI=1S/C8H13F3N2O2.ClH/c9-8(10,11)6(12)7(14)13-3-5-1-2-15-4-5;/h5-6H,1-4,12H2,(H,13,14);1H. The first-order valence-corrected chi connectivity index (χ1v) is 4.59. The first kappa shape index (κ1) is 15.5. The lowest BCUT2D eigenvalue weighted by Crippen LogP contribution is -2.51. The molecule has 2 atom stereocenters. The Labute approximate surface area is 97.1 Å². The topological polar surface area (TPSA) is 64.4 Å². The van der Waals surface area contributed by atoms with E-state index < -0.39 is 18.1 Å². The third-order valence-electron chi connectivity index (χ3n) is 2.22.